The molecule has 0 radical (unpaired) electrons. The van der Waals surface area contributed by atoms with Crippen molar-refractivity contribution in [2.75, 3.05) is 19.8 Å². The first-order valence-electron chi connectivity index (χ1n) is 6.88. The fraction of sp³-hybridized carbons (Fsp3) is 0.467. The lowest BCUT2D eigenvalue weighted by atomic mass is 10.0. The van der Waals surface area contributed by atoms with Gasteiger partial charge in [0.25, 0.3) is 6.43 Å². The van der Waals surface area contributed by atoms with Gasteiger partial charge in [-0.3, -0.25) is 0 Å². The van der Waals surface area contributed by atoms with Gasteiger partial charge in [0.1, 0.15) is 6.61 Å². The van der Waals surface area contributed by atoms with Crippen LogP contribution in [0.2, 0.25) is 0 Å². The second-order valence-electron chi connectivity index (χ2n) is 4.67. The molecule has 2 aromatic rings. The molecule has 0 fully saturated rings. The SMILES string of the molecule is CCNC(CCOCC(F)F)c1csc2c(Br)cccc12. The topological polar surface area (TPSA) is 21.3 Å². The molecule has 1 N–H and O–H groups in total. The molecule has 0 aliphatic heterocycles. The number of ether oxygens (including phenoxy) is 1. The Kier molecular flexibility index (Phi) is 6.54. The quantitative estimate of drug-likeness (QED) is 0.654. The molecule has 21 heavy (non-hydrogen) atoms. The lowest BCUT2D eigenvalue weighted by Crippen LogP contribution is -2.22. The highest BCUT2D eigenvalue weighted by molar-refractivity contribution is 9.10. The van der Waals surface area contributed by atoms with Crippen LogP contribution < -0.4 is 5.32 Å². The monoisotopic (exact) mass is 377 g/mol. The summed E-state index contributed by atoms with van der Waals surface area (Å²) in [5, 5.41) is 6.75. The molecule has 2 nitrogen and oxygen atoms in total. The maximum absolute atomic E-state index is 12.1. The Labute approximate surface area is 135 Å². The van der Waals surface area contributed by atoms with Crippen molar-refractivity contribution in [3.05, 3.63) is 33.6 Å². The summed E-state index contributed by atoms with van der Waals surface area (Å²) in [6, 6.07) is 6.25. The highest BCUT2D eigenvalue weighted by Gasteiger charge is 2.16. The first-order valence-corrected chi connectivity index (χ1v) is 8.55. The Bertz CT molecular complexity index is 576. The standard InChI is InChI=1S/C15H18BrF2NOS/c1-2-19-13(6-7-20-8-14(17)18)11-9-21-15-10(11)4-3-5-12(15)16/h3-5,9,13-14,19H,2,6-8H2,1H3. The number of halogens is 3. The second kappa shape index (κ2) is 8.17. The van der Waals surface area contributed by atoms with Crippen molar-refractivity contribution in [2.24, 2.45) is 0 Å². The van der Waals surface area contributed by atoms with Crippen LogP contribution in [-0.4, -0.2) is 26.2 Å². The smallest absolute Gasteiger partial charge is 0.261 e. The molecule has 0 spiro atoms. The lowest BCUT2D eigenvalue weighted by molar-refractivity contribution is 0.0144. The van der Waals surface area contributed by atoms with Gasteiger partial charge in [0, 0.05) is 21.8 Å². The average Bonchev–Trinajstić information content (AvgIpc) is 2.87. The number of thiophene rings is 1. The van der Waals surface area contributed by atoms with Crippen LogP contribution in [0.3, 0.4) is 0 Å². The van der Waals surface area contributed by atoms with Crippen LogP contribution in [0.15, 0.2) is 28.1 Å². The third-order valence-electron chi connectivity index (χ3n) is 3.20. The van der Waals surface area contributed by atoms with Crippen molar-refractivity contribution in [2.45, 2.75) is 25.8 Å². The van der Waals surface area contributed by atoms with Crippen molar-refractivity contribution in [3.63, 3.8) is 0 Å². The van der Waals surface area contributed by atoms with Gasteiger partial charge in [0.2, 0.25) is 0 Å². The molecule has 0 aliphatic rings. The lowest BCUT2D eigenvalue weighted by Gasteiger charge is -2.17. The van der Waals surface area contributed by atoms with E-state index in [0.717, 1.165) is 11.0 Å². The molecular weight excluding hydrogens is 360 g/mol. The second-order valence-corrected chi connectivity index (χ2v) is 6.41. The van der Waals surface area contributed by atoms with E-state index >= 15 is 0 Å². The Morgan fingerprint density at radius 3 is 2.90 bits per heavy atom. The van der Waals surface area contributed by atoms with Crippen molar-refractivity contribution in [1.29, 1.82) is 0 Å². The molecule has 0 amide bonds. The van der Waals surface area contributed by atoms with E-state index in [4.69, 9.17) is 4.74 Å². The van der Waals surface area contributed by atoms with Gasteiger partial charge in [-0.2, -0.15) is 0 Å². The predicted octanol–water partition coefficient (Wildman–Crippen LogP) is 4.99. The van der Waals surface area contributed by atoms with Crippen molar-refractivity contribution >= 4 is 37.4 Å². The Morgan fingerprint density at radius 2 is 2.19 bits per heavy atom. The van der Waals surface area contributed by atoms with E-state index in [1.165, 1.54) is 15.6 Å². The van der Waals surface area contributed by atoms with Crippen LogP contribution in [0.5, 0.6) is 0 Å². The minimum Gasteiger partial charge on any atom is -0.375 e. The van der Waals surface area contributed by atoms with Crippen LogP contribution in [0.1, 0.15) is 24.9 Å². The van der Waals surface area contributed by atoms with E-state index < -0.39 is 13.0 Å². The molecule has 0 saturated carbocycles. The maximum atomic E-state index is 12.1. The van der Waals surface area contributed by atoms with Gasteiger partial charge in [-0.1, -0.05) is 19.1 Å². The van der Waals surface area contributed by atoms with Gasteiger partial charge in [-0.15, -0.1) is 11.3 Å². The summed E-state index contributed by atoms with van der Waals surface area (Å²) >= 11 is 5.25. The summed E-state index contributed by atoms with van der Waals surface area (Å²) in [6.07, 6.45) is -1.72. The third-order valence-corrected chi connectivity index (χ3v) is 5.17. The van der Waals surface area contributed by atoms with Crippen LogP contribution in [0.25, 0.3) is 10.1 Å². The van der Waals surface area contributed by atoms with Gasteiger partial charge in [0.15, 0.2) is 0 Å². The summed E-state index contributed by atoms with van der Waals surface area (Å²) in [6.45, 7) is 2.70. The number of benzene rings is 1. The summed E-state index contributed by atoms with van der Waals surface area (Å²) in [4.78, 5) is 0. The van der Waals surface area contributed by atoms with Crippen LogP contribution in [0, 0.1) is 0 Å². The molecule has 116 valence electrons. The molecular formula is C15H18BrF2NOS. The Balaban J connectivity index is 2.11. The number of fused-ring (bicyclic) bond motifs is 1. The van der Waals surface area contributed by atoms with Crippen molar-refractivity contribution in [3.8, 4) is 0 Å². The third kappa shape index (κ3) is 4.45. The molecule has 0 aliphatic carbocycles. The number of hydrogen-bond acceptors (Lipinski definition) is 3. The zero-order chi connectivity index (χ0) is 15.2. The normalized spacial score (nSPS) is 13.2. The number of rotatable bonds is 8. The van der Waals surface area contributed by atoms with Gasteiger partial charge in [-0.05, 0) is 51.3 Å². The zero-order valence-corrected chi connectivity index (χ0v) is 14.1. The summed E-state index contributed by atoms with van der Waals surface area (Å²) in [5.41, 5.74) is 1.21. The number of alkyl halides is 2. The van der Waals surface area contributed by atoms with Crippen LogP contribution in [0.4, 0.5) is 8.78 Å². The van der Waals surface area contributed by atoms with Gasteiger partial charge in [-0.25, -0.2) is 8.78 Å². The van der Waals surface area contributed by atoms with Crippen LogP contribution >= 0.6 is 27.3 Å². The average molecular weight is 378 g/mol. The number of nitrogens with one attached hydrogen (secondary N) is 1. The molecule has 0 bridgehead atoms. The summed E-state index contributed by atoms with van der Waals surface area (Å²) < 4.78 is 31.5. The van der Waals surface area contributed by atoms with Crippen molar-refractivity contribution in [1.82, 2.24) is 5.32 Å². The largest absolute Gasteiger partial charge is 0.375 e. The first-order chi connectivity index (χ1) is 10.1. The minimum atomic E-state index is -2.40. The maximum Gasteiger partial charge on any atom is 0.261 e. The van der Waals surface area contributed by atoms with E-state index in [-0.39, 0.29) is 6.04 Å². The van der Waals surface area contributed by atoms with Gasteiger partial charge < -0.3 is 10.1 Å². The highest BCUT2D eigenvalue weighted by Crippen LogP contribution is 2.36. The zero-order valence-electron chi connectivity index (χ0n) is 11.7. The fourth-order valence-electron chi connectivity index (χ4n) is 2.30. The number of hydrogen-bond donors (Lipinski definition) is 1. The minimum absolute atomic E-state index is 0.121. The molecule has 1 aromatic heterocycles. The molecule has 0 saturated heterocycles. The fourth-order valence-corrected chi connectivity index (χ4v) is 3.98. The van der Waals surface area contributed by atoms with E-state index in [9.17, 15) is 8.78 Å². The molecule has 2 rings (SSSR count). The van der Waals surface area contributed by atoms with Crippen LogP contribution in [-0.2, 0) is 4.74 Å². The van der Waals surface area contributed by atoms with Crippen molar-refractivity contribution < 1.29 is 13.5 Å². The Hall–Kier alpha value is -0.560. The molecule has 1 heterocycles. The predicted molar refractivity (Wildman–Crippen MR) is 87.4 cm³/mol. The van der Waals surface area contributed by atoms with E-state index in [0.29, 0.717) is 13.0 Å². The first kappa shape index (κ1) is 16.8. The molecule has 1 atom stereocenters. The van der Waals surface area contributed by atoms with E-state index in [1.807, 2.05) is 19.1 Å². The van der Waals surface area contributed by atoms with Gasteiger partial charge >= 0.3 is 0 Å². The Morgan fingerprint density at radius 1 is 1.38 bits per heavy atom. The molecule has 1 aromatic carbocycles. The molecule has 1 unspecified atom stereocenters. The summed E-state index contributed by atoms with van der Waals surface area (Å²) in [5.74, 6) is 0. The molecule has 6 heteroatoms. The van der Waals surface area contributed by atoms with Gasteiger partial charge in [0.05, 0.1) is 0 Å². The summed E-state index contributed by atoms with van der Waals surface area (Å²) in [7, 11) is 0. The highest BCUT2D eigenvalue weighted by atomic mass is 79.9. The van der Waals surface area contributed by atoms with E-state index in [1.54, 1.807) is 11.3 Å². The van der Waals surface area contributed by atoms with E-state index in [2.05, 4.69) is 32.7 Å².